The van der Waals surface area contributed by atoms with Crippen molar-refractivity contribution in [3.63, 3.8) is 0 Å². The Morgan fingerprint density at radius 3 is 2.50 bits per heavy atom. The van der Waals surface area contributed by atoms with Gasteiger partial charge in [-0.05, 0) is 39.2 Å². The number of rotatable bonds is 6. The smallest absolute Gasteiger partial charge is 0.252 e. The lowest BCUT2D eigenvalue weighted by Crippen LogP contribution is -2.44. The lowest BCUT2D eigenvalue weighted by atomic mass is 9.90. The van der Waals surface area contributed by atoms with Crippen LogP contribution in [0.5, 0.6) is 0 Å². The summed E-state index contributed by atoms with van der Waals surface area (Å²) >= 11 is 0. The number of anilines is 1. The van der Waals surface area contributed by atoms with Crippen molar-refractivity contribution in [2.45, 2.75) is 46.6 Å². The van der Waals surface area contributed by atoms with Gasteiger partial charge in [-0.25, -0.2) is 0 Å². The van der Waals surface area contributed by atoms with E-state index in [-0.39, 0.29) is 5.54 Å². The van der Waals surface area contributed by atoms with Crippen LogP contribution in [0.1, 0.15) is 48.9 Å². The van der Waals surface area contributed by atoms with Gasteiger partial charge in [-0.15, -0.1) is 0 Å². The van der Waals surface area contributed by atoms with Gasteiger partial charge in [-0.1, -0.05) is 13.8 Å². The number of primary amides is 1. The molecule has 1 rings (SSSR count). The lowest BCUT2D eigenvalue weighted by molar-refractivity contribution is 0.1000. The van der Waals surface area contributed by atoms with Gasteiger partial charge in [-0.3, -0.25) is 9.78 Å². The number of hydrogen-bond donors (Lipinski definition) is 3. The Labute approximate surface area is 121 Å². The molecule has 0 saturated heterocycles. The molecular formula is C15H26N4O. The van der Waals surface area contributed by atoms with E-state index in [1.165, 1.54) is 0 Å². The zero-order chi connectivity index (χ0) is 15.5. The van der Waals surface area contributed by atoms with Crippen molar-refractivity contribution in [2.24, 2.45) is 17.4 Å². The predicted octanol–water partition coefficient (Wildman–Crippen LogP) is 1.97. The third-order valence-electron chi connectivity index (χ3n) is 3.32. The van der Waals surface area contributed by atoms with E-state index in [0.29, 0.717) is 23.7 Å². The van der Waals surface area contributed by atoms with Crippen LogP contribution in [-0.4, -0.2) is 23.0 Å². The molecule has 1 aromatic rings. The molecular weight excluding hydrogens is 252 g/mol. The molecule has 0 bridgehead atoms. The molecule has 0 aliphatic heterocycles. The van der Waals surface area contributed by atoms with Crippen LogP contribution in [0.15, 0.2) is 6.07 Å². The number of aryl methyl sites for hydroxylation is 2. The Hall–Kier alpha value is -1.62. The van der Waals surface area contributed by atoms with E-state index in [4.69, 9.17) is 11.5 Å². The summed E-state index contributed by atoms with van der Waals surface area (Å²) in [6.45, 7) is 10.5. The molecule has 5 nitrogen and oxygen atoms in total. The molecule has 1 amide bonds. The van der Waals surface area contributed by atoms with Crippen molar-refractivity contribution in [2.75, 3.05) is 11.9 Å². The highest BCUT2D eigenvalue weighted by Gasteiger charge is 2.26. The number of nitrogens with one attached hydrogen (secondary N) is 1. The number of amides is 1. The third kappa shape index (κ3) is 3.93. The van der Waals surface area contributed by atoms with Crippen molar-refractivity contribution in [3.05, 3.63) is 23.0 Å². The quantitative estimate of drug-likeness (QED) is 0.741. The summed E-state index contributed by atoms with van der Waals surface area (Å²) < 4.78 is 0. The van der Waals surface area contributed by atoms with Crippen LogP contribution in [0.25, 0.3) is 0 Å². The predicted molar refractivity (Wildman–Crippen MR) is 82.8 cm³/mol. The number of carbonyl (C=O) groups is 1. The van der Waals surface area contributed by atoms with Gasteiger partial charge < -0.3 is 16.8 Å². The van der Waals surface area contributed by atoms with E-state index in [9.17, 15) is 4.79 Å². The van der Waals surface area contributed by atoms with E-state index in [1.54, 1.807) is 6.92 Å². The number of carbonyl (C=O) groups excluding carboxylic acids is 1. The first-order valence-corrected chi connectivity index (χ1v) is 6.95. The minimum absolute atomic E-state index is 0.279. The molecule has 0 radical (unpaired) electrons. The van der Waals surface area contributed by atoms with Crippen LogP contribution in [-0.2, 0) is 0 Å². The first-order chi connectivity index (χ1) is 9.18. The zero-order valence-electron chi connectivity index (χ0n) is 13.1. The second-order valence-electron chi connectivity index (χ2n) is 6.12. The first-order valence-electron chi connectivity index (χ1n) is 6.95. The molecule has 0 saturated carbocycles. The minimum Gasteiger partial charge on any atom is -0.378 e. The molecule has 1 atom stereocenters. The number of hydrogen-bond acceptors (Lipinski definition) is 4. The van der Waals surface area contributed by atoms with Crippen LogP contribution in [0.3, 0.4) is 0 Å². The normalized spacial score (nSPS) is 14.2. The maximum Gasteiger partial charge on any atom is 0.252 e. The van der Waals surface area contributed by atoms with Crippen LogP contribution in [0, 0.1) is 19.8 Å². The molecule has 1 heterocycles. The van der Waals surface area contributed by atoms with E-state index in [2.05, 4.69) is 31.1 Å². The largest absolute Gasteiger partial charge is 0.378 e. The van der Waals surface area contributed by atoms with Gasteiger partial charge in [0.25, 0.3) is 5.91 Å². The molecule has 20 heavy (non-hydrogen) atoms. The molecule has 112 valence electrons. The molecule has 5 N–H and O–H groups in total. The van der Waals surface area contributed by atoms with Crippen LogP contribution < -0.4 is 16.8 Å². The van der Waals surface area contributed by atoms with Crippen molar-refractivity contribution < 1.29 is 4.79 Å². The Balaban J connectivity index is 3.22. The average molecular weight is 278 g/mol. The lowest BCUT2D eigenvalue weighted by Gasteiger charge is -2.33. The van der Waals surface area contributed by atoms with Crippen LogP contribution >= 0.6 is 0 Å². The van der Waals surface area contributed by atoms with Gasteiger partial charge in [0, 0.05) is 17.8 Å². The highest BCUT2D eigenvalue weighted by molar-refractivity contribution is 5.99. The van der Waals surface area contributed by atoms with Crippen molar-refractivity contribution in [3.8, 4) is 0 Å². The summed E-state index contributed by atoms with van der Waals surface area (Å²) in [4.78, 5) is 16.0. The topological polar surface area (TPSA) is 94.0 Å². The molecule has 1 unspecified atom stereocenters. The zero-order valence-corrected chi connectivity index (χ0v) is 13.1. The fraction of sp³-hybridized carbons (Fsp3) is 0.600. The summed E-state index contributed by atoms with van der Waals surface area (Å²) in [5.41, 5.74) is 13.8. The van der Waals surface area contributed by atoms with Gasteiger partial charge in [0.1, 0.15) is 0 Å². The molecule has 1 aromatic heterocycles. The fourth-order valence-electron chi connectivity index (χ4n) is 2.65. The fourth-order valence-corrected chi connectivity index (χ4v) is 2.65. The Bertz CT molecular complexity index is 499. The van der Waals surface area contributed by atoms with Crippen LogP contribution in [0.4, 0.5) is 5.69 Å². The van der Waals surface area contributed by atoms with Crippen molar-refractivity contribution in [1.29, 1.82) is 0 Å². The minimum atomic E-state index is -0.471. The van der Waals surface area contributed by atoms with Gasteiger partial charge in [0.2, 0.25) is 0 Å². The summed E-state index contributed by atoms with van der Waals surface area (Å²) in [5, 5.41) is 3.40. The van der Waals surface area contributed by atoms with Gasteiger partial charge >= 0.3 is 0 Å². The molecule has 0 fully saturated rings. The molecule has 0 aliphatic carbocycles. The third-order valence-corrected chi connectivity index (χ3v) is 3.32. The maximum absolute atomic E-state index is 11.7. The average Bonchev–Trinajstić information content (AvgIpc) is 2.25. The first kappa shape index (κ1) is 16.4. The summed E-state index contributed by atoms with van der Waals surface area (Å²) in [6, 6.07) is 1.85. The molecule has 0 aliphatic rings. The second kappa shape index (κ2) is 6.22. The van der Waals surface area contributed by atoms with E-state index in [0.717, 1.165) is 17.8 Å². The number of aromatic nitrogens is 1. The van der Waals surface area contributed by atoms with E-state index < -0.39 is 5.91 Å². The Kier molecular flexibility index (Phi) is 5.11. The monoisotopic (exact) mass is 278 g/mol. The summed E-state index contributed by atoms with van der Waals surface area (Å²) in [5.74, 6) is 0.0264. The maximum atomic E-state index is 11.7. The Morgan fingerprint density at radius 1 is 1.45 bits per heavy atom. The summed E-state index contributed by atoms with van der Waals surface area (Å²) in [6.07, 6.45) is 0.905. The SMILES string of the molecule is Cc1cc(NC(C)(CN)CC(C)C)c(C(N)=O)c(C)n1. The second-order valence-corrected chi connectivity index (χ2v) is 6.12. The van der Waals surface area contributed by atoms with Gasteiger partial charge in [0.05, 0.1) is 16.9 Å². The summed E-state index contributed by atoms with van der Waals surface area (Å²) in [7, 11) is 0. The highest BCUT2D eigenvalue weighted by Crippen LogP contribution is 2.26. The molecule has 0 aromatic carbocycles. The van der Waals surface area contributed by atoms with Crippen molar-refractivity contribution >= 4 is 11.6 Å². The highest BCUT2D eigenvalue weighted by atomic mass is 16.1. The number of pyridine rings is 1. The van der Waals surface area contributed by atoms with Crippen LogP contribution in [0.2, 0.25) is 0 Å². The van der Waals surface area contributed by atoms with Gasteiger partial charge in [-0.2, -0.15) is 0 Å². The van der Waals surface area contributed by atoms with E-state index in [1.807, 2.05) is 13.0 Å². The number of nitrogens with two attached hydrogens (primary N) is 2. The molecule has 5 heteroatoms. The Morgan fingerprint density at radius 2 is 2.05 bits per heavy atom. The standard InChI is InChI=1S/C15H26N4O/c1-9(2)7-15(5,8-16)19-12-6-10(3)18-11(4)13(12)14(17)20/h6,9H,7-8,16H2,1-5H3,(H2,17,20)(H,18,19). The van der Waals surface area contributed by atoms with Crippen molar-refractivity contribution in [1.82, 2.24) is 4.98 Å². The molecule has 0 spiro atoms. The van der Waals surface area contributed by atoms with Gasteiger partial charge in [0.15, 0.2) is 0 Å². The van der Waals surface area contributed by atoms with E-state index >= 15 is 0 Å². The number of nitrogens with zero attached hydrogens (tertiary/aromatic N) is 1.